The maximum Gasteiger partial charge on any atom is 0.416 e. The summed E-state index contributed by atoms with van der Waals surface area (Å²) in [7, 11) is 0. The molecule has 0 atom stereocenters. The number of hydrogen-bond donors (Lipinski definition) is 0. The summed E-state index contributed by atoms with van der Waals surface area (Å²) in [5, 5.41) is 11.0. The zero-order chi connectivity index (χ0) is 19.8. The van der Waals surface area contributed by atoms with Crippen LogP contribution in [0.2, 0.25) is 0 Å². The van der Waals surface area contributed by atoms with Crippen LogP contribution in [0.15, 0.2) is 53.2 Å². The van der Waals surface area contributed by atoms with Crippen LogP contribution in [-0.2, 0) is 15.7 Å². The Kier molecular flexibility index (Phi) is 4.52. The number of rotatable bonds is 3. The number of nitro groups is 1. The first-order valence-electron chi connectivity index (χ1n) is 7.60. The molecule has 0 saturated heterocycles. The second kappa shape index (κ2) is 6.67. The number of aliphatic imine (C=N–C) groups is 1. The smallest absolute Gasteiger partial charge is 0.402 e. The SMILES string of the molecule is Cc1ccc(C2=N/C(=C\c3cccc(C(F)(F)F)c3)C(=O)O2)cc1[N+](=O)[O-]. The zero-order valence-electron chi connectivity index (χ0n) is 13.8. The summed E-state index contributed by atoms with van der Waals surface area (Å²) in [6.45, 7) is 1.56. The predicted octanol–water partition coefficient (Wildman–Crippen LogP) is 4.27. The Morgan fingerprint density at radius 2 is 1.93 bits per heavy atom. The van der Waals surface area contributed by atoms with E-state index in [9.17, 15) is 28.1 Å². The number of carbonyl (C=O) groups excluding carboxylic acids is 1. The lowest BCUT2D eigenvalue weighted by Crippen LogP contribution is -2.06. The molecule has 6 nitrogen and oxygen atoms in total. The third-order valence-electron chi connectivity index (χ3n) is 3.79. The number of nitrogens with zero attached hydrogens (tertiary/aromatic N) is 2. The molecule has 1 aliphatic rings. The fraction of sp³-hybridized carbons (Fsp3) is 0.111. The topological polar surface area (TPSA) is 81.8 Å². The summed E-state index contributed by atoms with van der Waals surface area (Å²) in [5.74, 6) is -1.01. The van der Waals surface area contributed by atoms with Crippen LogP contribution in [0.3, 0.4) is 0 Å². The monoisotopic (exact) mass is 376 g/mol. The number of cyclic esters (lactones) is 1. The minimum Gasteiger partial charge on any atom is -0.402 e. The van der Waals surface area contributed by atoms with Gasteiger partial charge in [-0.2, -0.15) is 13.2 Å². The van der Waals surface area contributed by atoms with Crippen molar-refractivity contribution in [3.63, 3.8) is 0 Å². The summed E-state index contributed by atoms with van der Waals surface area (Å²) in [6.07, 6.45) is -3.35. The average molecular weight is 376 g/mol. The van der Waals surface area contributed by atoms with Crippen LogP contribution >= 0.6 is 0 Å². The summed E-state index contributed by atoms with van der Waals surface area (Å²) < 4.78 is 43.3. The molecule has 0 N–H and O–H groups in total. The van der Waals surface area contributed by atoms with Crippen molar-refractivity contribution < 1.29 is 27.6 Å². The second-order valence-electron chi connectivity index (χ2n) is 5.72. The van der Waals surface area contributed by atoms with Crippen molar-refractivity contribution in [3.05, 3.63) is 80.5 Å². The first-order valence-corrected chi connectivity index (χ1v) is 7.60. The fourth-order valence-corrected chi connectivity index (χ4v) is 2.43. The molecule has 0 aliphatic carbocycles. The average Bonchev–Trinajstić information content (AvgIpc) is 2.95. The molecule has 0 spiro atoms. The summed E-state index contributed by atoms with van der Waals surface area (Å²) in [6, 6.07) is 8.59. The van der Waals surface area contributed by atoms with E-state index in [4.69, 9.17) is 4.74 Å². The normalized spacial score (nSPS) is 15.6. The number of halogens is 3. The first-order chi connectivity index (χ1) is 12.6. The lowest BCUT2D eigenvalue weighted by atomic mass is 10.1. The Bertz CT molecular complexity index is 1010. The summed E-state index contributed by atoms with van der Waals surface area (Å²) in [5.41, 5.74) is -0.464. The van der Waals surface area contributed by atoms with Crippen LogP contribution in [-0.4, -0.2) is 16.8 Å². The third kappa shape index (κ3) is 3.86. The van der Waals surface area contributed by atoms with Gasteiger partial charge in [0.15, 0.2) is 5.70 Å². The predicted molar refractivity (Wildman–Crippen MR) is 89.9 cm³/mol. The Balaban J connectivity index is 1.97. The number of carbonyl (C=O) groups is 1. The Labute approximate surface area is 150 Å². The molecule has 0 saturated carbocycles. The third-order valence-corrected chi connectivity index (χ3v) is 3.79. The zero-order valence-corrected chi connectivity index (χ0v) is 13.8. The van der Waals surface area contributed by atoms with Gasteiger partial charge in [0, 0.05) is 17.2 Å². The van der Waals surface area contributed by atoms with Gasteiger partial charge in [-0.3, -0.25) is 10.1 Å². The van der Waals surface area contributed by atoms with Crippen molar-refractivity contribution >= 4 is 23.6 Å². The maximum absolute atomic E-state index is 12.8. The molecule has 3 rings (SSSR count). The van der Waals surface area contributed by atoms with Crippen LogP contribution < -0.4 is 0 Å². The van der Waals surface area contributed by atoms with Gasteiger partial charge in [-0.15, -0.1) is 0 Å². The first kappa shape index (κ1) is 18.3. The van der Waals surface area contributed by atoms with Crippen LogP contribution in [0.4, 0.5) is 18.9 Å². The minimum atomic E-state index is -4.51. The second-order valence-corrected chi connectivity index (χ2v) is 5.72. The number of benzene rings is 2. The standard InChI is InChI=1S/C18H11F3N2O4/c1-10-5-6-12(9-15(10)23(25)26)16-22-14(17(24)27-16)8-11-3-2-4-13(7-11)18(19,20)21/h2-9H,1H3/b14-8-. The molecule has 9 heteroatoms. The number of nitro benzene ring substituents is 1. The van der Waals surface area contributed by atoms with E-state index in [1.165, 1.54) is 30.3 Å². The molecule has 2 aromatic carbocycles. The highest BCUT2D eigenvalue weighted by Gasteiger charge is 2.31. The molecule has 0 bridgehead atoms. The number of alkyl halides is 3. The molecule has 0 fully saturated rings. The molecule has 27 heavy (non-hydrogen) atoms. The van der Waals surface area contributed by atoms with Crippen molar-refractivity contribution in [1.29, 1.82) is 0 Å². The van der Waals surface area contributed by atoms with E-state index < -0.39 is 22.6 Å². The van der Waals surface area contributed by atoms with Crippen molar-refractivity contribution in [1.82, 2.24) is 0 Å². The quantitative estimate of drug-likeness (QED) is 0.347. The van der Waals surface area contributed by atoms with Gasteiger partial charge < -0.3 is 4.74 Å². The van der Waals surface area contributed by atoms with E-state index in [2.05, 4.69) is 4.99 Å². The van der Waals surface area contributed by atoms with Gasteiger partial charge in [0.25, 0.3) is 5.69 Å². The van der Waals surface area contributed by atoms with Gasteiger partial charge in [-0.25, -0.2) is 9.79 Å². The Morgan fingerprint density at radius 3 is 2.59 bits per heavy atom. The molecule has 0 amide bonds. The highest BCUT2D eigenvalue weighted by Crippen LogP contribution is 2.30. The van der Waals surface area contributed by atoms with Gasteiger partial charge in [0.05, 0.1) is 10.5 Å². The van der Waals surface area contributed by atoms with Crippen LogP contribution in [0.1, 0.15) is 22.3 Å². The van der Waals surface area contributed by atoms with Gasteiger partial charge in [-0.05, 0) is 36.8 Å². The van der Waals surface area contributed by atoms with E-state index in [1.54, 1.807) is 6.92 Å². The minimum absolute atomic E-state index is 0.122. The van der Waals surface area contributed by atoms with Crippen LogP contribution in [0.25, 0.3) is 6.08 Å². The van der Waals surface area contributed by atoms with Crippen LogP contribution in [0, 0.1) is 17.0 Å². The molecule has 1 heterocycles. The number of aryl methyl sites for hydroxylation is 1. The molecule has 0 radical (unpaired) electrons. The van der Waals surface area contributed by atoms with Crippen molar-refractivity contribution in [2.24, 2.45) is 4.99 Å². The van der Waals surface area contributed by atoms with Crippen LogP contribution in [0.5, 0.6) is 0 Å². The van der Waals surface area contributed by atoms with E-state index in [0.717, 1.165) is 18.2 Å². The highest BCUT2D eigenvalue weighted by atomic mass is 19.4. The molecule has 0 aromatic heterocycles. The van der Waals surface area contributed by atoms with Gasteiger partial charge in [-0.1, -0.05) is 18.2 Å². The van der Waals surface area contributed by atoms with Gasteiger partial charge >= 0.3 is 12.1 Å². The molecule has 2 aromatic rings. The Hall–Kier alpha value is -3.49. The largest absolute Gasteiger partial charge is 0.416 e. The van der Waals surface area contributed by atoms with E-state index in [0.29, 0.717) is 5.56 Å². The van der Waals surface area contributed by atoms with Crippen molar-refractivity contribution in [3.8, 4) is 0 Å². The fourth-order valence-electron chi connectivity index (χ4n) is 2.43. The van der Waals surface area contributed by atoms with E-state index >= 15 is 0 Å². The number of esters is 1. The number of ether oxygens (including phenoxy) is 1. The van der Waals surface area contributed by atoms with Gasteiger partial charge in [0.2, 0.25) is 5.90 Å². The molecule has 1 aliphatic heterocycles. The van der Waals surface area contributed by atoms with Gasteiger partial charge in [0.1, 0.15) is 0 Å². The molecular formula is C18H11F3N2O4. The lowest BCUT2D eigenvalue weighted by Gasteiger charge is -2.06. The highest BCUT2D eigenvalue weighted by molar-refractivity contribution is 6.13. The maximum atomic E-state index is 12.8. The molecule has 0 unspecified atom stereocenters. The van der Waals surface area contributed by atoms with E-state index in [-0.39, 0.29) is 28.4 Å². The molecule has 138 valence electrons. The van der Waals surface area contributed by atoms with E-state index in [1.807, 2.05) is 0 Å². The lowest BCUT2D eigenvalue weighted by molar-refractivity contribution is -0.385. The Morgan fingerprint density at radius 1 is 1.19 bits per heavy atom. The summed E-state index contributed by atoms with van der Waals surface area (Å²) >= 11 is 0. The van der Waals surface area contributed by atoms with Crippen molar-refractivity contribution in [2.75, 3.05) is 0 Å². The summed E-state index contributed by atoms with van der Waals surface area (Å²) in [4.78, 5) is 26.4. The van der Waals surface area contributed by atoms with Crippen molar-refractivity contribution in [2.45, 2.75) is 13.1 Å². The number of hydrogen-bond acceptors (Lipinski definition) is 5. The molecular weight excluding hydrogens is 365 g/mol.